The van der Waals surface area contributed by atoms with E-state index >= 15 is 0 Å². The lowest BCUT2D eigenvalue weighted by Crippen LogP contribution is -2.00. The van der Waals surface area contributed by atoms with Crippen LogP contribution in [0.25, 0.3) is 17.1 Å². The molecule has 0 atom stereocenters. The molecule has 0 unspecified atom stereocenters. The molecule has 4 nitrogen and oxygen atoms in total. The van der Waals surface area contributed by atoms with Crippen LogP contribution in [0.5, 0.6) is 0 Å². The van der Waals surface area contributed by atoms with Gasteiger partial charge in [0, 0.05) is 38.3 Å². The van der Waals surface area contributed by atoms with Crippen molar-refractivity contribution in [3.63, 3.8) is 0 Å². The molecular weight excluding hydrogens is 543 g/mol. The van der Waals surface area contributed by atoms with Gasteiger partial charge in [0.1, 0.15) is 0 Å². The Kier molecular flexibility index (Phi) is 7.96. The van der Waals surface area contributed by atoms with Crippen LogP contribution in [-0.2, 0) is 5.75 Å². The molecule has 0 saturated heterocycles. The number of hydrogen-bond donors (Lipinski definition) is 0. The molecule has 0 aliphatic rings. The molecule has 0 aliphatic heterocycles. The third-order valence-corrected chi connectivity index (χ3v) is 7.47. The molecule has 0 aliphatic carbocycles. The van der Waals surface area contributed by atoms with Crippen LogP contribution in [0.3, 0.4) is 0 Å². The third-order valence-electron chi connectivity index (χ3n) is 5.66. The van der Waals surface area contributed by atoms with Crippen molar-refractivity contribution in [1.82, 2.24) is 14.8 Å². The minimum atomic E-state index is 0.616. The Morgan fingerprint density at radius 3 is 2.22 bits per heavy atom. The van der Waals surface area contributed by atoms with Gasteiger partial charge in [0.15, 0.2) is 11.0 Å². The fraction of sp³-hybridized carbons (Fsp3) is 0.0690. The average Bonchev–Trinajstić information content (AvgIpc) is 3.32. The second kappa shape index (κ2) is 11.5. The summed E-state index contributed by atoms with van der Waals surface area (Å²) in [5.74, 6) is 1.39. The largest absolute Gasteiger partial charge is 0.270 e. The van der Waals surface area contributed by atoms with Crippen molar-refractivity contribution in [3.8, 4) is 17.1 Å². The van der Waals surface area contributed by atoms with Crippen LogP contribution in [0.1, 0.15) is 16.7 Å². The smallest absolute Gasteiger partial charge is 0.196 e. The number of hydrogen-bond acceptors (Lipinski definition) is 4. The molecule has 4 aromatic carbocycles. The summed E-state index contributed by atoms with van der Waals surface area (Å²) in [6, 6.07) is 29.4. The van der Waals surface area contributed by atoms with Crippen molar-refractivity contribution in [2.24, 2.45) is 4.99 Å². The summed E-state index contributed by atoms with van der Waals surface area (Å²) in [5, 5.41) is 11.8. The Labute approximate surface area is 235 Å². The van der Waals surface area contributed by atoms with E-state index in [-0.39, 0.29) is 0 Å². The van der Waals surface area contributed by atoms with Crippen molar-refractivity contribution in [2.75, 3.05) is 0 Å². The first-order valence-corrected chi connectivity index (χ1v) is 13.6. The zero-order valence-electron chi connectivity index (χ0n) is 19.8. The van der Waals surface area contributed by atoms with Crippen molar-refractivity contribution < 1.29 is 0 Å². The van der Waals surface area contributed by atoms with Gasteiger partial charge in [0.05, 0.1) is 5.69 Å². The molecule has 5 aromatic rings. The minimum Gasteiger partial charge on any atom is -0.270 e. The fourth-order valence-electron chi connectivity index (χ4n) is 3.65. The molecule has 0 spiro atoms. The van der Waals surface area contributed by atoms with Gasteiger partial charge in [-0.1, -0.05) is 82.5 Å². The van der Waals surface area contributed by atoms with Gasteiger partial charge < -0.3 is 0 Å². The number of benzene rings is 4. The summed E-state index contributed by atoms with van der Waals surface area (Å²) in [5.41, 5.74) is 5.92. The van der Waals surface area contributed by atoms with Gasteiger partial charge in [0.25, 0.3) is 0 Å². The highest BCUT2D eigenvalue weighted by Gasteiger charge is 2.17. The van der Waals surface area contributed by atoms with Crippen LogP contribution in [0.2, 0.25) is 15.1 Å². The number of rotatable bonds is 7. The molecule has 0 fully saturated rings. The predicted octanol–water partition coefficient (Wildman–Crippen LogP) is 9.25. The standard InChI is InChI=1S/C29H21Cl3N4S/c1-19-2-14-26(15-3-19)36-28(34-35-29(36)37-18-22-6-11-24(31)16-27(22)32)21-7-12-25(13-8-21)33-17-20-4-9-23(30)10-5-20/h2-17H,18H2,1H3. The number of aromatic nitrogens is 3. The first kappa shape index (κ1) is 25.6. The number of aliphatic imine (C=N–C) groups is 1. The first-order valence-electron chi connectivity index (χ1n) is 11.5. The molecule has 37 heavy (non-hydrogen) atoms. The summed E-state index contributed by atoms with van der Waals surface area (Å²) in [6.07, 6.45) is 1.82. The van der Waals surface area contributed by atoms with Gasteiger partial charge in [-0.15, -0.1) is 10.2 Å². The summed E-state index contributed by atoms with van der Waals surface area (Å²) < 4.78 is 2.07. The number of thioether (sulfide) groups is 1. The van der Waals surface area contributed by atoms with E-state index in [1.807, 2.05) is 66.9 Å². The highest BCUT2D eigenvalue weighted by atomic mass is 35.5. The molecule has 0 amide bonds. The van der Waals surface area contributed by atoms with Crippen molar-refractivity contribution in [3.05, 3.63) is 123 Å². The van der Waals surface area contributed by atoms with Crippen LogP contribution in [0.4, 0.5) is 5.69 Å². The average molecular weight is 564 g/mol. The van der Waals surface area contributed by atoms with E-state index in [0.29, 0.717) is 20.8 Å². The summed E-state index contributed by atoms with van der Waals surface area (Å²) in [6.45, 7) is 2.07. The second-order valence-electron chi connectivity index (χ2n) is 8.36. The fourth-order valence-corrected chi connectivity index (χ4v) is 5.29. The molecule has 0 bridgehead atoms. The maximum Gasteiger partial charge on any atom is 0.196 e. The Balaban J connectivity index is 1.44. The number of halogens is 3. The SMILES string of the molecule is Cc1ccc(-n2c(SCc3ccc(Cl)cc3Cl)nnc2-c2ccc(N=Cc3ccc(Cl)cc3)cc2)cc1. The zero-order valence-corrected chi connectivity index (χ0v) is 22.9. The molecule has 8 heteroatoms. The lowest BCUT2D eigenvalue weighted by molar-refractivity contribution is 0.885. The maximum absolute atomic E-state index is 6.40. The topological polar surface area (TPSA) is 43.1 Å². The van der Waals surface area contributed by atoms with Gasteiger partial charge in [-0.05, 0) is 78.7 Å². The van der Waals surface area contributed by atoms with Gasteiger partial charge in [0.2, 0.25) is 0 Å². The summed E-state index contributed by atoms with van der Waals surface area (Å²) in [4.78, 5) is 4.58. The van der Waals surface area contributed by atoms with E-state index in [9.17, 15) is 0 Å². The number of aryl methyl sites for hydroxylation is 1. The third kappa shape index (κ3) is 6.25. The normalized spacial score (nSPS) is 11.4. The predicted molar refractivity (Wildman–Crippen MR) is 156 cm³/mol. The highest BCUT2D eigenvalue weighted by Crippen LogP contribution is 2.32. The van der Waals surface area contributed by atoms with E-state index < -0.39 is 0 Å². The highest BCUT2D eigenvalue weighted by molar-refractivity contribution is 7.98. The van der Waals surface area contributed by atoms with E-state index in [2.05, 4.69) is 50.9 Å². The molecule has 0 radical (unpaired) electrons. The lowest BCUT2D eigenvalue weighted by Gasteiger charge is -2.11. The molecular formula is C29H21Cl3N4S. The Morgan fingerprint density at radius 2 is 1.51 bits per heavy atom. The summed E-state index contributed by atoms with van der Waals surface area (Å²) in [7, 11) is 0. The minimum absolute atomic E-state index is 0.616. The quantitative estimate of drug-likeness (QED) is 0.146. The van der Waals surface area contributed by atoms with Crippen LogP contribution in [-0.4, -0.2) is 21.0 Å². The van der Waals surface area contributed by atoms with Crippen molar-refractivity contribution in [2.45, 2.75) is 17.8 Å². The summed E-state index contributed by atoms with van der Waals surface area (Å²) >= 11 is 20.0. The Hall–Kier alpha value is -3.09. The van der Waals surface area contributed by atoms with Gasteiger partial charge in [-0.2, -0.15) is 0 Å². The zero-order chi connectivity index (χ0) is 25.8. The van der Waals surface area contributed by atoms with E-state index in [4.69, 9.17) is 34.8 Å². The van der Waals surface area contributed by atoms with Gasteiger partial charge in [-0.25, -0.2) is 0 Å². The van der Waals surface area contributed by atoms with Crippen LogP contribution in [0.15, 0.2) is 101 Å². The number of nitrogens with zero attached hydrogens (tertiary/aromatic N) is 4. The molecule has 1 heterocycles. The van der Waals surface area contributed by atoms with Gasteiger partial charge in [-0.3, -0.25) is 9.56 Å². The van der Waals surface area contributed by atoms with Crippen LogP contribution in [0, 0.1) is 6.92 Å². The molecule has 1 aromatic heterocycles. The van der Waals surface area contributed by atoms with E-state index in [1.54, 1.807) is 17.8 Å². The Bertz CT molecular complexity index is 1540. The Morgan fingerprint density at radius 1 is 0.811 bits per heavy atom. The monoisotopic (exact) mass is 562 g/mol. The molecule has 0 saturated carbocycles. The molecule has 0 N–H and O–H groups in total. The van der Waals surface area contributed by atoms with Crippen LogP contribution >= 0.6 is 46.6 Å². The van der Waals surface area contributed by atoms with Crippen molar-refractivity contribution in [1.29, 1.82) is 0 Å². The van der Waals surface area contributed by atoms with Gasteiger partial charge >= 0.3 is 0 Å². The van der Waals surface area contributed by atoms with Crippen molar-refractivity contribution >= 4 is 58.5 Å². The maximum atomic E-state index is 6.40. The van der Waals surface area contributed by atoms with E-state index in [1.165, 1.54) is 5.56 Å². The molecule has 184 valence electrons. The van der Waals surface area contributed by atoms with Crippen LogP contribution < -0.4 is 0 Å². The van der Waals surface area contributed by atoms with E-state index in [0.717, 1.165) is 39.0 Å². The second-order valence-corrected chi connectivity index (χ2v) is 10.6. The lowest BCUT2D eigenvalue weighted by atomic mass is 10.1. The first-order chi connectivity index (χ1) is 18.0. The molecule has 5 rings (SSSR count).